The molecule has 0 radical (unpaired) electrons. The quantitative estimate of drug-likeness (QED) is 0.788. The van der Waals surface area contributed by atoms with Gasteiger partial charge in [0.2, 0.25) is 6.79 Å². The summed E-state index contributed by atoms with van der Waals surface area (Å²) in [5.41, 5.74) is 1.68. The summed E-state index contributed by atoms with van der Waals surface area (Å²) < 4.78 is 10.6. The molecule has 0 aliphatic carbocycles. The van der Waals surface area contributed by atoms with Gasteiger partial charge in [0.05, 0.1) is 0 Å². The zero-order chi connectivity index (χ0) is 12.4. The Bertz CT molecular complexity index is 446. The molecule has 0 bridgehead atoms. The zero-order valence-electron chi connectivity index (χ0n) is 10.9. The Morgan fingerprint density at radius 2 is 1.89 bits per heavy atom. The molecule has 0 amide bonds. The number of rotatable bonds is 4. The first kappa shape index (κ1) is 14.8. The first-order valence-corrected chi connectivity index (χ1v) is 5.66. The second kappa shape index (κ2) is 6.07. The average molecular weight is 272 g/mol. The van der Waals surface area contributed by atoms with Crippen LogP contribution in [0.2, 0.25) is 0 Å². The largest absolute Gasteiger partial charge is 0.454 e. The SMILES string of the molecule is Cc1cc2c(cc1C(=O)CCN(C)C)OCO2.Cl. The van der Waals surface area contributed by atoms with Crippen molar-refractivity contribution >= 4 is 18.2 Å². The minimum atomic E-state index is 0. The van der Waals surface area contributed by atoms with E-state index in [0.29, 0.717) is 12.2 Å². The Labute approximate surface area is 113 Å². The summed E-state index contributed by atoms with van der Waals surface area (Å²) in [6.07, 6.45) is 0.521. The Balaban J connectivity index is 0.00000162. The van der Waals surface area contributed by atoms with Crippen LogP contribution in [0.1, 0.15) is 22.3 Å². The number of halogens is 1. The molecule has 1 aromatic rings. The molecule has 0 aromatic heterocycles. The highest BCUT2D eigenvalue weighted by Crippen LogP contribution is 2.34. The van der Waals surface area contributed by atoms with Crippen molar-refractivity contribution < 1.29 is 14.3 Å². The summed E-state index contributed by atoms with van der Waals surface area (Å²) in [5, 5.41) is 0. The Morgan fingerprint density at radius 3 is 2.50 bits per heavy atom. The number of aryl methyl sites for hydroxylation is 1. The summed E-state index contributed by atoms with van der Waals surface area (Å²) in [5.74, 6) is 1.55. The highest BCUT2D eigenvalue weighted by atomic mass is 35.5. The van der Waals surface area contributed by atoms with Crippen LogP contribution in [0, 0.1) is 6.92 Å². The molecule has 0 unspecified atom stereocenters. The first-order chi connectivity index (χ1) is 8.08. The highest BCUT2D eigenvalue weighted by Gasteiger charge is 2.18. The van der Waals surface area contributed by atoms with Crippen molar-refractivity contribution in [1.82, 2.24) is 4.90 Å². The lowest BCUT2D eigenvalue weighted by atomic mass is 10.0. The standard InChI is InChI=1S/C13H17NO3.ClH/c1-9-6-12-13(17-8-16-12)7-10(9)11(15)4-5-14(2)3;/h6-7H,4-5,8H2,1-3H3;1H. The predicted octanol–water partition coefficient (Wildman–Crippen LogP) is 2.28. The molecule has 0 saturated carbocycles. The van der Waals surface area contributed by atoms with Gasteiger partial charge in [-0.15, -0.1) is 12.4 Å². The van der Waals surface area contributed by atoms with Crippen LogP contribution in [-0.4, -0.2) is 38.1 Å². The summed E-state index contributed by atoms with van der Waals surface area (Å²) in [6, 6.07) is 3.65. The van der Waals surface area contributed by atoms with Crippen molar-refractivity contribution in [3.8, 4) is 11.5 Å². The van der Waals surface area contributed by atoms with Gasteiger partial charge in [0.25, 0.3) is 0 Å². The monoisotopic (exact) mass is 271 g/mol. The zero-order valence-corrected chi connectivity index (χ0v) is 11.7. The smallest absolute Gasteiger partial charge is 0.231 e. The van der Waals surface area contributed by atoms with Crippen LogP contribution in [0.3, 0.4) is 0 Å². The van der Waals surface area contributed by atoms with Gasteiger partial charge >= 0.3 is 0 Å². The molecule has 0 atom stereocenters. The van der Waals surface area contributed by atoms with Gasteiger partial charge in [-0.1, -0.05) is 0 Å². The number of carbonyl (C=O) groups is 1. The van der Waals surface area contributed by atoms with E-state index in [2.05, 4.69) is 0 Å². The number of carbonyl (C=O) groups excluding carboxylic acids is 1. The van der Waals surface area contributed by atoms with E-state index in [1.807, 2.05) is 32.0 Å². The molecule has 0 N–H and O–H groups in total. The van der Waals surface area contributed by atoms with Crippen LogP contribution in [0.15, 0.2) is 12.1 Å². The van der Waals surface area contributed by atoms with Crippen LogP contribution in [0.5, 0.6) is 11.5 Å². The van der Waals surface area contributed by atoms with Crippen molar-refractivity contribution in [3.63, 3.8) is 0 Å². The van der Waals surface area contributed by atoms with E-state index >= 15 is 0 Å². The van der Waals surface area contributed by atoms with Gasteiger partial charge in [-0.2, -0.15) is 0 Å². The molecular formula is C13H18ClNO3. The number of ether oxygens (including phenoxy) is 2. The minimum Gasteiger partial charge on any atom is -0.454 e. The van der Waals surface area contributed by atoms with Crippen LogP contribution >= 0.6 is 12.4 Å². The highest BCUT2D eigenvalue weighted by molar-refractivity contribution is 5.98. The normalized spacial score (nSPS) is 12.4. The maximum atomic E-state index is 12.0. The van der Waals surface area contributed by atoms with Gasteiger partial charge in [-0.05, 0) is 38.7 Å². The van der Waals surface area contributed by atoms with Crippen molar-refractivity contribution in [3.05, 3.63) is 23.3 Å². The van der Waals surface area contributed by atoms with Crippen LogP contribution < -0.4 is 9.47 Å². The number of hydrogen-bond acceptors (Lipinski definition) is 4. The maximum absolute atomic E-state index is 12.0. The third-order valence-electron chi connectivity index (χ3n) is 2.81. The van der Waals surface area contributed by atoms with Gasteiger partial charge in [0.1, 0.15) is 0 Å². The number of fused-ring (bicyclic) bond motifs is 1. The van der Waals surface area contributed by atoms with Crippen LogP contribution in [0.4, 0.5) is 0 Å². The molecule has 0 spiro atoms. The van der Waals surface area contributed by atoms with E-state index in [1.54, 1.807) is 6.07 Å². The predicted molar refractivity (Wildman–Crippen MR) is 72.1 cm³/mol. The molecule has 1 heterocycles. The van der Waals surface area contributed by atoms with Gasteiger partial charge in [-0.3, -0.25) is 4.79 Å². The molecule has 1 aliphatic heterocycles. The number of ketones is 1. The van der Waals surface area contributed by atoms with Crippen molar-refractivity contribution in [1.29, 1.82) is 0 Å². The number of hydrogen-bond donors (Lipinski definition) is 0. The molecule has 1 aromatic carbocycles. The Hall–Kier alpha value is -1.26. The van der Waals surface area contributed by atoms with Crippen molar-refractivity contribution in [2.24, 2.45) is 0 Å². The molecular weight excluding hydrogens is 254 g/mol. The maximum Gasteiger partial charge on any atom is 0.231 e. The first-order valence-electron chi connectivity index (χ1n) is 5.66. The van der Waals surface area contributed by atoms with Gasteiger partial charge < -0.3 is 14.4 Å². The Kier molecular flexibility index (Phi) is 4.99. The lowest BCUT2D eigenvalue weighted by molar-refractivity contribution is 0.0971. The van der Waals surface area contributed by atoms with E-state index in [0.717, 1.165) is 23.4 Å². The van der Waals surface area contributed by atoms with E-state index in [4.69, 9.17) is 9.47 Å². The van der Waals surface area contributed by atoms with Crippen molar-refractivity contribution in [2.75, 3.05) is 27.4 Å². The number of Topliss-reactive ketones (excluding diaryl/α,β-unsaturated/α-hetero) is 1. The fraction of sp³-hybridized carbons (Fsp3) is 0.462. The van der Waals surface area contributed by atoms with E-state index in [-0.39, 0.29) is 25.0 Å². The second-order valence-electron chi connectivity index (χ2n) is 4.50. The van der Waals surface area contributed by atoms with Crippen molar-refractivity contribution in [2.45, 2.75) is 13.3 Å². The van der Waals surface area contributed by atoms with Crippen LogP contribution in [0.25, 0.3) is 0 Å². The summed E-state index contributed by atoms with van der Waals surface area (Å²) in [7, 11) is 3.92. The molecule has 5 heteroatoms. The molecule has 0 fully saturated rings. The molecule has 1 aliphatic rings. The fourth-order valence-corrected chi connectivity index (χ4v) is 1.80. The van der Waals surface area contributed by atoms with E-state index < -0.39 is 0 Å². The van der Waals surface area contributed by atoms with Gasteiger partial charge in [0.15, 0.2) is 17.3 Å². The van der Waals surface area contributed by atoms with Gasteiger partial charge in [-0.25, -0.2) is 0 Å². The number of benzene rings is 1. The molecule has 2 rings (SSSR count). The lowest BCUT2D eigenvalue weighted by Gasteiger charge is -2.10. The average Bonchev–Trinajstić information content (AvgIpc) is 2.71. The Morgan fingerprint density at radius 1 is 1.28 bits per heavy atom. The number of nitrogens with zero attached hydrogens (tertiary/aromatic N) is 1. The van der Waals surface area contributed by atoms with E-state index in [1.165, 1.54) is 0 Å². The molecule has 100 valence electrons. The van der Waals surface area contributed by atoms with Gasteiger partial charge in [0, 0.05) is 18.5 Å². The second-order valence-corrected chi connectivity index (χ2v) is 4.50. The summed E-state index contributed by atoms with van der Waals surface area (Å²) >= 11 is 0. The summed E-state index contributed by atoms with van der Waals surface area (Å²) in [4.78, 5) is 14.0. The summed E-state index contributed by atoms with van der Waals surface area (Å²) in [6.45, 7) is 2.92. The minimum absolute atomic E-state index is 0. The molecule has 0 saturated heterocycles. The molecule has 4 nitrogen and oxygen atoms in total. The van der Waals surface area contributed by atoms with E-state index in [9.17, 15) is 4.79 Å². The molecule has 18 heavy (non-hydrogen) atoms. The fourth-order valence-electron chi connectivity index (χ4n) is 1.80. The third-order valence-corrected chi connectivity index (χ3v) is 2.81. The topological polar surface area (TPSA) is 38.8 Å². The van der Waals surface area contributed by atoms with Crippen LogP contribution in [-0.2, 0) is 0 Å². The third kappa shape index (κ3) is 3.15. The lowest BCUT2D eigenvalue weighted by Crippen LogP contribution is -2.17.